The van der Waals surface area contributed by atoms with E-state index in [9.17, 15) is 0 Å². The Bertz CT molecular complexity index is 268. The zero-order valence-electron chi connectivity index (χ0n) is 9.08. The van der Waals surface area contributed by atoms with E-state index >= 15 is 0 Å². The first-order chi connectivity index (χ1) is 6.63. The molecule has 1 rings (SSSR count). The highest BCUT2D eigenvalue weighted by molar-refractivity contribution is 5.10. The Morgan fingerprint density at radius 3 is 2.64 bits per heavy atom. The van der Waals surface area contributed by atoms with Crippen LogP contribution in [0.25, 0.3) is 0 Å². The van der Waals surface area contributed by atoms with E-state index in [0.717, 1.165) is 17.9 Å². The summed E-state index contributed by atoms with van der Waals surface area (Å²) in [4.78, 5) is 0. The maximum absolute atomic E-state index is 9.11. The van der Waals surface area contributed by atoms with Gasteiger partial charge in [0.2, 0.25) is 0 Å². The first-order valence-corrected chi connectivity index (χ1v) is 5.13. The van der Waals surface area contributed by atoms with Crippen LogP contribution in [-0.2, 0) is 6.42 Å². The van der Waals surface area contributed by atoms with Gasteiger partial charge in [0.25, 0.3) is 0 Å². The Labute approximate surface area is 85.1 Å². The molecule has 0 fully saturated rings. The summed E-state index contributed by atoms with van der Waals surface area (Å²) in [5.74, 6) is 1.94. The van der Waals surface area contributed by atoms with Crippen LogP contribution >= 0.6 is 0 Å². The third-order valence-corrected chi connectivity index (χ3v) is 2.18. The van der Waals surface area contributed by atoms with E-state index in [1.165, 1.54) is 0 Å². The van der Waals surface area contributed by atoms with E-state index in [1.807, 2.05) is 19.1 Å². The minimum Gasteiger partial charge on any atom is -0.464 e. The zero-order chi connectivity index (χ0) is 10.6. The van der Waals surface area contributed by atoms with Gasteiger partial charge in [0.05, 0.1) is 12.1 Å². The van der Waals surface area contributed by atoms with Gasteiger partial charge < -0.3 is 14.8 Å². The minimum absolute atomic E-state index is 0.157. The Hall–Kier alpha value is -0.800. The second-order valence-corrected chi connectivity index (χ2v) is 3.64. The summed E-state index contributed by atoms with van der Waals surface area (Å²) >= 11 is 0. The zero-order valence-corrected chi connectivity index (χ0v) is 9.08. The third-order valence-electron chi connectivity index (χ3n) is 2.18. The maximum Gasteiger partial charge on any atom is 0.120 e. The Kier molecular flexibility index (Phi) is 4.17. The SMILES string of the molecule is CCc1ccc(C(C)NC[C@@H](C)O)o1. The lowest BCUT2D eigenvalue weighted by Gasteiger charge is -2.12. The summed E-state index contributed by atoms with van der Waals surface area (Å²) in [6.45, 7) is 6.44. The molecule has 0 aliphatic rings. The Morgan fingerprint density at radius 1 is 1.43 bits per heavy atom. The first kappa shape index (κ1) is 11.3. The van der Waals surface area contributed by atoms with Crippen LogP contribution in [0, 0.1) is 0 Å². The van der Waals surface area contributed by atoms with Crippen molar-refractivity contribution < 1.29 is 9.52 Å². The van der Waals surface area contributed by atoms with Crippen LogP contribution in [0.15, 0.2) is 16.5 Å². The summed E-state index contributed by atoms with van der Waals surface area (Å²) in [6, 6.07) is 4.14. The van der Waals surface area contributed by atoms with Gasteiger partial charge in [-0.15, -0.1) is 0 Å². The molecule has 0 bridgehead atoms. The lowest BCUT2D eigenvalue weighted by molar-refractivity contribution is 0.185. The molecule has 0 saturated carbocycles. The molecule has 1 heterocycles. The molecule has 3 nitrogen and oxygen atoms in total. The summed E-state index contributed by atoms with van der Waals surface area (Å²) in [6.07, 6.45) is 0.599. The number of hydrogen-bond donors (Lipinski definition) is 2. The van der Waals surface area contributed by atoms with Gasteiger partial charge in [0.15, 0.2) is 0 Å². The van der Waals surface area contributed by atoms with Crippen LogP contribution in [0.1, 0.15) is 38.3 Å². The predicted molar refractivity (Wildman–Crippen MR) is 56.2 cm³/mol. The molecular formula is C11H19NO2. The fourth-order valence-electron chi connectivity index (χ4n) is 1.27. The highest BCUT2D eigenvalue weighted by Crippen LogP contribution is 2.16. The Morgan fingerprint density at radius 2 is 2.14 bits per heavy atom. The highest BCUT2D eigenvalue weighted by atomic mass is 16.3. The average Bonchev–Trinajstić information content (AvgIpc) is 2.62. The van der Waals surface area contributed by atoms with Crippen molar-refractivity contribution in [1.29, 1.82) is 0 Å². The molecule has 0 aliphatic heterocycles. The van der Waals surface area contributed by atoms with Crippen molar-refractivity contribution in [1.82, 2.24) is 5.32 Å². The molecule has 0 aliphatic carbocycles. The molecule has 0 spiro atoms. The lowest BCUT2D eigenvalue weighted by Crippen LogP contribution is -2.26. The van der Waals surface area contributed by atoms with Crippen LogP contribution in [0.4, 0.5) is 0 Å². The average molecular weight is 197 g/mol. The number of rotatable bonds is 5. The first-order valence-electron chi connectivity index (χ1n) is 5.13. The van der Waals surface area contributed by atoms with Crippen molar-refractivity contribution >= 4 is 0 Å². The van der Waals surface area contributed by atoms with Gasteiger partial charge in [-0.25, -0.2) is 0 Å². The molecule has 0 saturated heterocycles. The summed E-state index contributed by atoms with van der Waals surface area (Å²) in [5, 5.41) is 12.3. The van der Waals surface area contributed by atoms with Crippen molar-refractivity contribution in [3.63, 3.8) is 0 Å². The quantitative estimate of drug-likeness (QED) is 0.757. The summed E-state index contributed by atoms with van der Waals surface area (Å²) in [7, 11) is 0. The standard InChI is InChI=1S/C11H19NO2/c1-4-10-5-6-11(14-10)9(3)12-7-8(2)13/h5-6,8-9,12-13H,4,7H2,1-3H3/t8-,9?/m1/s1. The van der Waals surface area contributed by atoms with Gasteiger partial charge in [-0.05, 0) is 26.0 Å². The van der Waals surface area contributed by atoms with Crippen molar-refractivity contribution in [2.75, 3.05) is 6.54 Å². The molecule has 14 heavy (non-hydrogen) atoms. The largest absolute Gasteiger partial charge is 0.464 e. The molecule has 1 aromatic rings. The van der Waals surface area contributed by atoms with Crippen molar-refractivity contribution in [3.8, 4) is 0 Å². The van der Waals surface area contributed by atoms with E-state index in [1.54, 1.807) is 6.92 Å². The van der Waals surface area contributed by atoms with Crippen LogP contribution < -0.4 is 5.32 Å². The number of hydrogen-bond acceptors (Lipinski definition) is 3. The van der Waals surface area contributed by atoms with Crippen molar-refractivity contribution in [2.45, 2.75) is 39.3 Å². The molecule has 1 unspecified atom stereocenters. The van der Waals surface area contributed by atoms with Gasteiger partial charge in [-0.3, -0.25) is 0 Å². The van der Waals surface area contributed by atoms with Crippen LogP contribution in [0.3, 0.4) is 0 Å². The predicted octanol–water partition coefficient (Wildman–Crippen LogP) is 1.87. The second kappa shape index (κ2) is 5.17. The van der Waals surface area contributed by atoms with E-state index in [-0.39, 0.29) is 12.1 Å². The second-order valence-electron chi connectivity index (χ2n) is 3.64. The Balaban J connectivity index is 2.47. The molecule has 2 atom stereocenters. The number of aryl methyl sites for hydroxylation is 1. The number of nitrogens with one attached hydrogen (secondary N) is 1. The molecule has 0 radical (unpaired) electrons. The fourth-order valence-corrected chi connectivity index (χ4v) is 1.27. The summed E-state index contributed by atoms with van der Waals surface area (Å²) in [5.41, 5.74) is 0. The number of aliphatic hydroxyl groups excluding tert-OH is 1. The van der Waals surface area contributed by atoms with Gasteiger partial charge in [-0.1, -0.05) is 6.92 Å². The number of furan rings is 1. The van der Waals surface area contributed by atoms with E-state index < -0.39 is 0 Å². The molecule has 80 valence electrons. The third kappa shape index (κ3) is 3.16. The fraction of sp³-hybridized carbons (Fsp3) is 0.636. The smallest absolute Gasteiger partial charge is 0.120 e. The molecule has 0 aromatic carbocycles. The highest BCUT2D eigenvalue weighted by Gasteiger charge is 2.09. The van der Waals surface area contributed by atoms with E-state index in [0.29, 0.717) is 6.54 Å². The molecule has 2 N–H and O–H groups in total. The van der Waals surface area contributed by atoms with Gasteiger partial charge in [0.1, 0.15) is 11.5 Å². The lowest BCUT2D eigenvalue weighted by atomic mass is 10.2. The van der Waals surface area contributed by atoms with Crippen LogP contribution in [0.2, 0.25) is 0 Å². The van der Waals surface area contributed by atoms with Gasteiger partial charge in [0, 0.05) is 13.0 Å². The maximum atomic E-state index is 9.11. The number of aliphatic hydroxyl groups is 1. The molecule has 0 amide bonds. The topological polar surface area (TPSA) is 45.4 Å². The normalized spacial score (nSPS) is 15.4. The monoisotopic (exact) mass is 197 g/mol. The van der Waals surface area contributed by atoms with E-state index in [2.05, 4.69) is 12.2 Å². The van der Waals surface area contributed by atoms with Gasteiger partial charge >= 0.3 is 0 Å². The minimum atomic E-state index is -0.321. The van der Waals surface area contributed by atoms with Crippen molar-refractivity contribution in [3.05, 3.63) is 23.7 Å². The van der Waals surface area contributed by atoms with Crippen LogP contribution in [0.5, 0.6) is 0 Å². The van der Waals surface area contributed by atoms with E-state index in [4.69, 9.17) is 9.52 Å². The molecule has 1 aromatic heterocycles. The van der Waals surface area contributed by atoms with Crippen LogP contribution in [-0.4, -0.2) is 17.8 Å². The molecular weight excluding hydrogens is 178 g/mol. The molecule has 3 heteroatoms. The van der Waals surface area contributed by atoms with Gasteiger partial charge in [-0.2, -0.15) is 0 Å². The summed E-state index contributed by atoms with van der Waals surface area (Å²) < 4.78 is 5.58. The van der Waals surface area contributed by atoms with Crippen molar-refractivity contribution in [2.24, 2.45) is 0 Å².